The zero-order chi connectivity index (χ0) is 15.2. The molecule has 1 aromatic carbocycles. The maximum atomic E-state index is 12.5. The second-order valence-electron chi connectivity index (χ2n) is 5.71. The summed E-state index contributed by atoms with van der Waals surface area (Å²) in [7, 11) is 0. The molecule has 21 heavy (non-hydrogen) atoms. The predicted octanol–water partition coefficient (Wildman–Crippen LogP) is 3.31. The Bertz CT molecular complexity index is 471. The molecular weight excluding hydrogens is 262 g/mol. The summed E-state index contributed by atoms with van der Waals surface area (Å²) in [4.78, 5) is 14.4. The molecule has 1 heterocycles. The third kappa shape index (κ3) is 3.35. The van der Waals surface area contributed by atoms with Crippen LogP contribution in [-0.2, 0) is 4.79 Å². The molecule has 0 saturated carbocycles. The van der Waals surface area contributed by atoms with Gasteiger partial charge in [0.15, 0.2) is 0 Å². The lowest BCUT2D eigenvalue weighted by molar-refractivity contribution is -0.143. The molecule has 1 aliphatic heterocycles. The van der Waals surface area contributed by atoms with Crippen LogP contribution in [0.1, 0.15) is 44.2 Å². The van der Waals surface area contributed by atoms with Crippen LogP contribution in [0, 0.1) is 5.92 Å². The standard InChI is InChI=1S/C18H25NO2/c1-3-8-16-14(4-2)11-12-18(21)19(16)17(13-20)15-9-6-5-7-10-15/h3,5-7,9-10,14,16-17,20H,1,4,8,11-13H2,2H3/t14-,16+,17-/m0/s1. The molecule has 114 valence electrons. The van der Waals surface area contributed by atoms with Crippen molar-refractivity contribution in [2.75, 3.05) is 6.61 Å². The summed E-state index contributed by atoms with van der Waals surface area (Å²) in [5, 5.41) is 9.87. The molecule has 0 unspecified atom stereocenters. The number of nitrogens with zero attached hydrogens (tertiary/aromatic N) is 1. The molecule has 3 atom stereocenters. The fourth-order valence-corrected chi connectivity index (χ4v) is 3.43. The number of hydrogen-bond acceptors (Lipinski definition) is 2. The number of hydrogen-bond donors (Lipinski definition) is 1. The number of benzene rings is 1. The quantitative estimate of drug-likeness (QED) is 0.815. The van der Waals surface area contributed by atoms with Crippen LogP contribution in [0.2, 0.25) is 0 Å². The van der Waals surface area contributed by atoms with E-state index in [0.717, 1.165) is 24.8 Å². The third-order valence-corrected chi connectivity index (χ3v) is 4.54. The minimum Gasteiger partial charge on any atom is -0.394 e. The Kier molecular flexibility index (Phi) is 5.57. The van der Waals surface area contributed by atoms with Crippen LogP contribution in [0.4, 0.5) is 0 Å². The topological polar surface area (TPSA) is 40.5 Å². The Morgan fingerprint density at radius 3 is 2.71 bits per heavy atom. The first kappa shape index (κ1) is 15.8. The summed E-state index contributed by atoms with van der Waals surface area (Å²) in [6.45, 7) is 5.97. The molecule has 0 radical (unpaired) electrons. The zero-order valence-corrected chi connectivity index (χ0v) is 12.7. The second-order valence-corrected chi connectivity index (χ2v) is 5.71. The predicted molar refractivity (Wildman–Crippen MR) is 84.7 cm³/mol. The number of likely N-dealkylation sites (tertiary alicyclic amines) is 1. The SMILES string of the molecule is C=CC[C@@H]1[C@@H](CC)CCC(=O)N1[C@@H](CO)c1ccccc1. The molecule has 1 saturated heterocycles. The molecule has 0 aliphatic carbocycles. The summed E-state index contributed by atoms with van der Waals surface area (Å²) in [5.41, 5.74) is 0.999. The van der Waals surface area contributed by atoms with Gasteiger partial charge in [-0.25, -0.2) is 0 Å². The van der Waals surface area contributed by atoms with Crippen molar-refractivity contribution in [3.05, 3.63) is 48.6 Å². The molecule has 1 aromatic rings. The number of aliphatic hydroxyl groups excluding tert-OH is 1. The van der Waals surface area contributed by atoms with Crippen LogP contribution < -0.4 is 0 Å². The second kappa shape index (κ2) is 7.41. The van der Waals surface area contributed by atoms with Crippen LogP contribution in [-0.4, -0.2) is 28.6 Å². The highest BCUT2D eigenvalue weighted by atomic mass is 16.3. The van der Waals surface area contributed by atoms with Crippen LogP contribution in [0.3, 0.4) is 0 Å². The average Bonchev–Trinajstić information content (AvgIpc) is 2.52. The highest BCUT2D eigenvalue weighted by molar-refractivity contribution is 5.78. The molecule has 1 N–H and O–H groups in total. The third-order valence-electron chi connectivity index (χ3n) is 4.54. The van der Waals surface area contributed by atoms with Crippen molar-refractivity contribution in [1.29, 1.82) is 0 Å². The Balaban J connectivity index is 2.34. The van der Waals surface area contributed by atoms with Gasteiger partial charge in [0.2, 0.25) is 5.91 Å². The van der Waals surface area contributed by atoms with E-state index in [1.165, 1.54) is 0 Å². The van der Waals surface area contributed by atoms with Crippen LogP contribution in [0.15, 0.2) is 43.0 Å². The molecule has 0 bridgehead atoms. The minimum absolute atomic E-state index is 0.0418. The Morgan fingerprint density at radius 1 is 1.43 bits per heavy atom. The van der Waals surface area contributed by atoms with Gasteiger partial charge in [0.05, 0.1) is 12.6 Å². The van der Waals surface area contributed by atoms with E-state index in [0.29, 0.717) is 12.3 Å². The molecule has 1 aliphatic rings. The smallest absolute Gasteiger partial charge is 0.223 e. The largest absolute Gasteiger partial charge is 0.394 e. The number of carbonyl (C=O) groups excluding carboxylic acids is 1. The molecule has 1 fully saturated rings. The first-order chi connectivity index (χ1) is 10.2. The van der Waals surface area contributed by atoms with Crippen molar-refractivity contribution < 1.29 is 9.90 Å². The van der Waals surface area contributed by atoms with E-state index in [-0.39, 0.29) is 24.6 Å². The fraction of sp³-hybridized carbons (Fsp3) is 0.500. The monoisotopic (exact) mass is 287 g/mol. The van der Waals surface area contributed by atoms with Crippen molar-refractivity contribution >= 4 is 5.91 Å². The first-order valence-electron chi connectivity index (χ1n) is 7.80. The first-order valence-corrected chi connectivity index (χ1v) is 7.80. The number of piperidine rings is 1. The van der Waals surface area contributed by atoms with E-state index >= 15 is 0 Å². The lowest BCUT2D eigenvalue weighted by Crippen LogP contribution is -2.50. The van der Waals surface area contributed by atoms with Gasteiger partial charge in [-0.3, -0.25) is 4.79 Å². The summed E-state index contributed by atoms with van der Waals surface area (Å²) >= 11 is 0. The van der Waals surface area contributed by atoms with Gasteiger partial charge in [-0.05, 0) is 24.3 Å². The highest BCUT2D eigenvalue weighted by Crippen LogP contribution is 2.35. The van der Waals surface area contributed by atoms with Crippen molar-refractivity contribution in [3.8, 4) is 0 Å². The van der Waals surface area contributed by atoms with Crippen LogP contribution >= 0.6 is 0 Å². The number of rotatable bonds is 6. The van der Waals surface area contributed by atoms with E-state index in [9.17, 15) is 9.90 Å². The number of amides is 1. The Morgan fingerprint density at radius 2 is 2.14 bits per heavy atom. The fourth-order valence-electron chi connectivity index (χ4n) is 3.43. The van der Waals surface area contributed by atoms with E-state index in [1.54, 1.807) is 0 Å². The maximum Gasteiger partial charge on any atom is 0.223 e. The molecular formula is C18H25NO2. The van der Waals surface area contributed by atoms with Gasteiger partial charge in [0.25, 0.3) is 0 Å². The lowest BCUT2D eigenvalue weighted by atomic mass is 9.83. The van der Waals surface area contributed by atoms with E-state index in [4.69, 9.17) is 0 Å². The molecule has 0 aromatic heterocycles. The molecule has 3 nitrogen and oxygen atoms in total. The molecule has 3 heteroatoms. The van der Waals surface area contributed by atoms with Gasteiger partial charge in [-0.1, -0.05) is 49.8 Å². The van der Waals surface area contributed by atoms with Crippen molar-refractivity contribution in [3.63, 3.8) is 0 Å². The summed E-state index contributed by atoms with van der Waals surface area (Å²) in [6.07, 6.45) is 5.24. The van der Waals surface area contributed by atoms with E-state index in [2.05, 4.69) is 13.5 Å². The number of aliphatic hydroxyl groups is 1. The van der Waals surface area contributed by atoms with Gasteiger partial charge in [-0.2, -0.15) is 0 Å². The van der Waals surface area contributed by atoms with Gasteiger partial charge in [-0.15, -0.1) is 6.58 Å². The van der Waals surface area contributed by atoms with Crippen molar-refractivity contribution in [1.82, 2.24) is 4.90 Å². The molecule has 1 amide bonds. The summed E-state index contributed by atoms with van der Waals surface area (Å²) in [5.74, 6) is 0.632. The van der Waals surface area contributed by atoms with Crippen LogP contribution in [0.25, 0.3) is 0 Å². The van der Waals surface area contributed by atoms with E-state index in [1.807, 2.05) is 41.3 Å². The van der Waals surface area contributed by atoms with E-state index < -0.39 is 0 Å². The summed E-state index contributed by atoms with van der Waals surface area (Å²) < 4.78 is 0. The van der Waals surface area contributed by atoms with Gasteiger partial charge in [0.1, 0.15) is 0 Å². The number of carbonyl (C=O) groups is 1. The Hall–Kier alpha value is -1.61. The molecule has 2 rings (SSSR count). The minimum atomic E-state index is -0.252. The van der Waals surface area contributed by atoms with Gasteiger partial charge in [0, 0.05) is 12.5 Å². The summed E-state index contributed by atoms with van der Waals surface area (Å²) in [6, 6.07) is 9.71. The average molecular weight is 287 g/mol. The normalized spacial score (nSPS) is 23.9. The lowest BCUT2D eigenvalue weighted by Gasteiger charge is -2.44. The van der Waals surface area contributed by atoms with Crippen LogP contribution in [0.5, 0.6) is 0 Å². The van der Waals surface area contributed by atoms with Gasteiger partial charge < -0.3 is 10.0 Å². The molecule has 0 spiro atoms. The van der Waals surface area contributed by atoms with Gasteiger partial charge >= 0.3 is 0 Å². The maximum absolute atomic E-state index is 12.5. The zero-order valence-electron chi connectivity index (χ0n) is 12.7. The highest BCUT2D eigenvalue weighted by Gasteiger charge is 2.38. The van der Waals surface area contributed by atoms with Crippen molar-refractivity contribution in [2.24, 2.45) is 5.92 Å². The Labute approximate surface area is 127 Å². The van der Waals surface area contributed by atoms with Crippen molar-refractivity contribution in [2.45, 2.75) is 44.7 Å².